The van der Waals surface area contributed by atoms with E-state index in [-0.39, 0.29) is 6.61 Å². The van der Waals surface area contributed by atoms with Crippen molar-refractivity contribution in [2.24, 2.45) is 5.73 Å². The molecule has 0 aliphatic carbocycles. The number of hydrogen-bond donors (Lipinski definition) is 3. The fraction of sp³-hybridized carbons (Fsp3) is 0.889. The van der Waals surface area contributed by atoms with Gasteiger partial charge >= 0.3 is 0 Å². The number of unbranched alkanes of at least 4 members (excludes halogenated alkanes) is 11. The van der Waals surface area contributed by atoms with Crippen molar-refractivity contribution >= 4 is 0 Å². The first-order valence-corrected chi connectivity index (χ1v) is 8.93. The minimum atomic E-state index is -0.720. The molecule has 0 amide bonds. The lowest BCUT2D eigenvalue weighted by molar-refractivity contribution is 0.144. The van der Waals surface area contributed by atoms with Crippen LogP contribution in [-0.4, -0.2) is 29.0 Å². The fourth-order valence-corrected chi connectivity index (χ4v) is 2.41. The van der Waals surface area contributed by atoms with Gasteiger partial charge in [0.15, 0.2) is 0 Å². The molecule has 0 saturated heterocycles. The monoisotopic (exact) mass is 299 g/mol. The maximum Gasteiger partial charge on any atom is 0.0894 e. The maximum atomic E-state index is 9.52. The molecule has 0 aromatic carbocycles. The van der Waals surface area contributed by atoms with Gasteiger partial charge in [-0.2, -0.15) is 0 Å². The van der Waals surface area contributed by atoms with Crippen molar-refractivity contribution in [3.05, 3.63) is 12.2 Å². The second-order valence-electron chi connectivity index (χ2n) is 6.09. The minimum Gasteiger partial charge on any atom is -0.395 e. The maximum absolute atomic E-state index is 9.52. The third-order valence-electron chi connectivity index (χ3n) is 3.96. The summed E-state index contributed by atoms with van der Waals surface area (Å²) in [5.41, 5.74) is 5.51. The Morgan fingerprint density at radius 1 is 0.857 bits per heavy atom. The van der Waals surface area contributed by atoms with Gasteiger partial charge in [-0.15, -0.1) is 0 Å². The van der Waals surface area contributed by atoms with Gasteiger partial charge in [0.25, 0.3) is 0 Å². The third kappa shape index (κ3) is 14.3. The van der Waals surface area contributed by atoms with Crippen LogP contribution in [0.1, 0.15) is 84.0 Å². The van der Waals surface area contributed by atoms with E-state index in [2.05, 4.69) is 6.92 Å². The van der Waals surface area contributed by atoms with Crippen LogP contribution in [0.4, 0.5) is 0 Å². The van der Waals surface area contributed by atoms with Crippen molar-refractivity contribution in [2.75, 3.05) is 6.61 Å². The molecule has 3 nitrogen and oxygen atoms in total. The van der Waals surface area contributed by atoms with Crippen molar-refractivity contribution in [3.63, 3.8) is 0 Å². The first-order chi connectivity index (χ1) is 10.2. The topological polar surface area (TPSA) is 66.5 Å². The summed E-state index contributed by atoms with van der Waals surface area (Å²) >= 11 is 0. The lowest BCUT2D eigenvalue weighted by atomic mass is 10.0. The predicted molar refractivity (Wildman–Crippen MR) is 91.3 cm³/mol. The zero-order valence-electron chi connectivity index (χ0n) is 14.0. The van der Waals surface area contributed by atoms with E-state index in [9.17, 15) is 5.11 Å². The molecule has 0 radical (unpaired) electrons. The van der Waals surface area contributed by atoms with E-state index in [1.807, 2.05) is 6.08 Å². The SMILES string of the molecule is CCCCCCCCCCCCC/C=C\[C@@H](O)[C@@H](N)CO. The molecule has 0 heterocycles. The average Bonchev–Trinajstić information content (AvgIpc) is 2.50. The highest BCUT2D eigenvalue weighted by atomic mass is 16.3. The van der Waals surface area contributed by atoms with Gasteiger partial charge in [-0.25, -0.2) is 0 Å². The Morgan fingerprint density at radius 2 is 1.33 bits per heavy atom. The van der Waals surface area contributed by atoms with Crippen molar-refractivity contribution < 1.29 is 10.2 Å². The van der Waals surface area contributed by atoms with Gasteiger partial charge in [0.05, 0.1) is 18.8 Å². The molecule has 0 aliphatic rings. The largest absolute Gasteiger partial charge is 0.395 e. The number of aliphatic hydroxyl groups is 2. The molecule has 126 valence electrons. The number of hydrogen-bond acceptors (Lipinski definition) is 3. The van der Waals surface area contributed by atoms with Crippen LogP contribution in [0.5, 0.6) is 0 Å². The zero-order chi connectivity index (χ0) is 15.8. The predicted octanol–water partition coefficient (Wildman–Crippen LogP) is 3.92. The van der Waals surface area contributed by atoms with E-state index in [1.54, 1.807) is 6.08 Å². The number of nitrogens with two attached hydrogens (primary N) is 1. The van der Waals surface area contributed by atoms with Crippen molar-refractivity contribution in [1.29, 1.82) is 0 Å². The summed E-state index contributed by atoms with van der Waals surface area (Å²) in [6, 6.07) is -0.557. The van der Waals surface area contributed by atoms with Crippen LogP contribution in [0.2, 0.25) is 0 Å². The normalized spacial score (nSPS) is 14.7. The quantitative estimate of drug-likeness (QED) is 0.317. The fourth-order valence-electron chi connectivity index (χ4n) is 2.41. The molecule has 0 unspecified atom stereocenters. The Hall–Kier alpha value is -0.380. The Bertz CT molecular complexity index is 231. The van der Waals surface area contributed by atoms with Gasteiger partial charge in [-0.1, -0.05) is 83.3 Å². The smallest absolute Gasteiger partial charge is 0.0894 e. The summed E-state index contributed by atoms with van der Waals surface area (Å²) < 4.78 is 0. The van der Waals surface area contributed by atoms with Gasteiger partial charge in [-0.3, -0.25) is 0 Å². The Balaban J connectivity index is 3.20. The van der Waals surface area contributed by atoms with Crippen LogP contribution in [0, 0.1) is 0 Å². The van der Waals surface area contributed by atoms with E-state index < -0.39 is 12.1 Å². The van der Waals surface area contributed by atoms with Crippen LogP contribution in [0.15, 0.2) is 12.2 Å². The van der Waals surface area contributed by atoms with Crippen LogP contribution in [-0.2, 0) is 0 Å². The lowest BCUT2D eigenvalue weighted by Gasteiger charge is -2.11. The summed E-state index contributed by atoms with van der Waals surface area (Å²) in [5.74, 6) is 0. The molecule has 3 heteroatoms. The standard InChI is InChI=1S/C18H37NO2/c1-2-3-4-5-6-7-8-9-10-11-12-13-14-15-18(21)17(19)16-20/h14-15,17-18,20-21H,2-13,16,19H2,1H3/b15-14-/t17-,18+/m0/s1. The molecule has 21 heavy (non-hydrogen) atoms. The molecular formula is C18H37NO2. The van der Waals surface area contributed by atoms with E-state index in [4.69, 9.17) is 10.8 Å². The molecule has 0 saturated carbocycles. The van der Waals surface area contributed by atoms with E-state index >= 15 is 0 Å². The molecule has 0 aliphatic heterocycles. The number of aliphatic hydroxyl groups excluding tert-OH is 2. The Kier molecular flexibility index (Phi) is 15.7. The molecular weight excluding hydrogens is 262 g/mol. The Morgan fingerprint density at radius 3 is 1.81 bits per heavy atom. The first-order valence-electron chi connectivity index (χ1n) is 8.93. The summed E-state index contributed by atoms with van der Waals surface area (Å²) in [6.45, 7) is 2.08. The lowest BCUT2D eigenvalue weighted by Crippen LogP contribution is -2.36. The molecule has 0 fully saturated rings. The number of rotatable bonds is 15. The van der Waals surface area contributed by atoms with E-state index in [0.717, 1.165) is 6.42 Å². The molecule has 0 bridgehead atoms. The zero-order valence-corrected chi connectivity index (χ0v) is 14.0. The van der Waals surface area contributed by atoms with Gasteiger partial charge in [0.1, 0.15) is 0 Å². The summed E-state index contributed by atoms with van der Waals surface area (Å²) in [6.07, 6.45) is 18.8. The van der Waals surface area contributed by atoms with Crippen molar-refractivity contribution in [1.82, 2.24) is 0 Å². The van der Waals surface area contributed by atoms with E-state index in [0.29, 0.717) is 0 Å². The highest BCUT2D eigenvalue weighted by molar-refractivity contribution is 4.93. The second kappa shape index (κ2) is 16.0. The van der Waals surface area contributed by atoms with Crippen LogP contribution < -0.4 is 5.73 Å². The molecule has 0 spiro atoms. The number of allylic oxidation sites excluding steroid dienone is 1. The summed E-state index contributed by atoms with van der Waals surface area (Å²) in [7, 11) is 0. The van der Waals surface area contributed by atoms with Crippen LogP contribution >= 0.6 is 0 Å². The molecule has 0 aromatic rings. The third-order valence-corrected chi connectivity index (χ3v) is 3.96. The highest BCUT2D eigenvalue weighted by Crippen LogP contribution is 2.12. The van der Waals surface area contributed by atoms with Crippen molar-refractivity contribution in [2.45, 2.75) is 96.1 Å². The van der Waals surface area contributed by atoms with E-state index in [1.165, 1.54) is 70.6 Å². The molecule has 4 N–H and O–H groups in total. The average molecular weight is 299 g/mol. The van der Waals surface area contributed by atoms with Crippen molar-refractivity contribution in [3.8, 4) is 0 Å². The highest BCUT2D eigenvalue weighted by Gasteiger charge is 2.08. The summed E-state index contributed by atoms with van der Waals surface area (Å²) in [5, 5.41) is 18.3. The van der Waals surface area contributed by atoms with Crippen LogP contribution in [0.3, 0.4) is 0 Å². The summed E-state index contributed by atoms with van der Waals surface area (Å²) in [4.78, 5) is 0. The van der Waals surface area contributed by atoms with Gasteiger partial charge in [-0.05, 0) is 12.8 Å². The Labute approximate surface area is 131 Å². The minimum absolute atomic E-state index is 0.177. The van der Waals surface area contributed by atoms with Crippen LogP contribution in [0.25, 0.3) is 0 Å². The first kappa shape index (κ1) is 20.6. The van der Waals surface area contributed by atoms with Gasteiger partial charge < -0.3 is 15.9 Å². The second-order valence-corrected chi connectivity index (χ2v) is 6.09. The van der Waals surface area contributed by atoms with Gasteiger partial charge in [0.2, 0.25) is 0 Å². The molecule has 2 atom stereocenters. The van der Waals surface area contributed by atoms with Gasteiger partial charge in [0, 0.05) is 0 Å². The molecule has 0 rings (SSSR count). The molecule has 0 aromatic heterocycles.